The second-order valence-corrected chi connectivity index (χ2v) is 4.75. The third kappa shape index (κ3) is 3.69. The minimum atomic E-state index is 0.272. The van der Waals surface area contributed by atoms with E-state index in [1.807, 2.05) is 11.6 Å². The molecule has 3 N–H and O–H groups in total. The molecule has 0 radical (unpaired) electrons. The summed E-state index contributed by atoms with van der Waals surface area (Å²) in [5.74, 6) is 5.59. The van der Waals surface area contributed by atoms with Crippen molar-refractivity contribution in [2.24, 2.45) is 5.84 Å². The van der Waals surface area contributed by atoms with Crippen molar-refractivity contribution in [1.82, 2.24) is 15.2 Å². The van der Waals surface area contributed by atoms with E-state index in [-0.39, 0.29) is 6.04 Å². The van der Waals surface area contributed by atoms with Crippen LogP contribution in [0.4, 0.5) is 0 Å². The maximum Gasteiger partial charge on any atom is 0.0847 e. The third-order valence-electron chi connectivity index (χ3n) is 3.03. The molecule has 0 saturated heterocycles. The van der Waals surface area contributed by atoms with Crippen molar-refractivity contribution in [3.63, 3.8) is 0 Å². The van der Waals surface area contributed by atoms with E-state index in [0.717, 1.165) is 35.8 Å². The van der Waals surface area contributed by atoms with Crippen molar-refractivity contribution >= 4 is 11.6 Å². The maximum absolute atomic E-state index is 6.28. The Morgan fingerprint density at radius 2 is 2.18 bits per heavy atom. The van der Waals surface area contributed by atoms with Gasteiger partial charge in [-0.1, -0.05) is 31.4 Å². The lowest BCUT2D eigenvalue weighted by Crippen LogP contribution is -2.37. The quantitative estimate of drug-likeness (QED) is 0.583. The van der Waals surface area contributed by atoms with Crippen LogP contribution in [0.5, 0.6) is 0 Å². The van der Waals surface area contributed by atoms with Gasteiger partial charge in [-0.05, 0) is 20.3 Å². The highest BCUT2D eigenvalue weighted by Gasteiger charge is 2.16. The average Bonchev–Trinajstić information content (AvgIpc) is 2.61. The normalized spacial score (nSPS) is 13.0. The van der Waals surface area contributed by atoms with Gasteiger partial charge >= 0.3 is 0 Å². The lowest BCUT2D eigenvalue weighted by atomic mass is 10.1. The van der Waals surface area contributed by atoms with Crippen LogP contribution in [-0.2, 0) is 13.0 Å². The zero-order chi connectivity index (χ0) is 12.8. The summed E-state index contributed by atoms with van der Waals surface area (Å²) in [5, 5.41) is 5.19. The van der Waals surface area contributed by atoms with Gasteiger partial charge < -0.3 is 0 Å². The Balaban J connectivity index is 2.77. The molecule has 0 saturated carbocycles. The molecule has 0 aromatic carbocycles. The first-order chi connectivity index (χ1) is 8.13. The minimum Gasteiger partial charge on any atom is -0.271 e. The van der Waals surface area contributed by atoms with Crippen LogP contribution in [0.1, 0.15) is 44.5 Å². The summed E-state index contributed by atoms with van der Waals surface area (Å²) in [5.41, 5.74) is 4.86. The molecule has 4 nitrogen and oxygen atoms in total. The van der Waals surface area contributed by atoms with Gasteiger partial charge in [0, 0.05) is 19.0 Å². The van der Waals surface area contributed by atoms with Crippen molar-refractivity contribution in [3.05, 3.63) is 16.4 Å². The minimum absolute atomic E-state index is 0.272. The van der Waals surface area contributed by atoms with Gasteiger partial charge in [-0.25, -0.2) is 0 Å². The fourth-order valence-corrected chi connectivity index (χ4v) is 2.20. The van der Waals surface area contributed by atoms with Crippen molar-refractivity contribution in [1.29, 1.82) is 0 Å². The van der Waals surface area contributed by atoms with Crippen molar-refractivity contribution < 1.29 is 0 Å². The van der Waals surface area contributed by atoms with Crippen LogP contribution in [0.25, 0.3) is 0 Å². The van der Waals surface area contributed by atoms with Gasteiger partial charge in [-0.3, -0.25) is 16.0 Å². The summed E-state index contributed by atoms with van der Waals surface area (Å²) >= 11 is 6.28. The summed E-state index contributed by atoms with van der Waals surface area (Å²) < 4.78 is 1.97. The molecule has 0 bridgehead atoms. The van der Waals surface area contributed by atoms with Crippen LogP contribution < -0.4 is 11.3 Å². The monoisotopic (exact) mass is 258 g/mol. The zero-order valence-electron chi connectivity index (χ0n) is 11.0. The zero-order valence-corrected chi connectivity index (χ0v) is 11.7. The largest absolute Gasteiger partial charge is 0.271 e. The summed E-state index contributed by atoms with van der Waals surface area (Å²) in [7, 11) is 0. The molecule has 0 spiro atoms. The van der Waals surface area contributed by atoms with Crippen LogP contribution in [0.3, 0.4) is 0 Å². The first-order valence-electron chi connectivity index (χ1n) is 6.31. The highest BCUT2D eigenvalue weighted by Crippen LogP contribution is 2.22. The highest BCUT2D eigenvalue weighted by atomic mass is 35.5. The second kappa shape index (κ2) is 6.99. The van der Waals surface area contributed by atoms with E-state index in [4.69, 9.17) is 17.4 Å². The topological polar surface area (TPSA) is 55.9 Å². The van der Waals surface area contributed by atoms with Crippen molar-refractivity contribution in [3.8, 4) is 0 Å². The summed E-state index contributed by atoms with van der Waals surface area (Å²) in [6, 6.07) is 0.272. The molecular weight excluding hydrogens is 236 g/mol. The van der Waals surface area contributed by atoms with Crippen LogP contribution in [0.15, 0.2) is 0 Å². The first-order valence-corrected chi connectivity index (χ1v) is 6.69. The van der Waals surface area contributed by atoms with Crippen molar-refractivity contribution in [2.75, 3.05) is 0 Å². The van der Waals surface area contributed by atoms with Gasteiger partial charge in [0.25, 0.3) is 0 Å². The number of hydrogen-bond acceptors (Lipinski definition) is 3. The number of nitrogens with zero attached hydrogens (tertiary/aromatic N) is 2. The Morgan fingerprint density at radius 3 is 2.71 bits per heavy atom. The van der Waals surface area contributed by atoms with E-state index in [2.05, 4.69) is 24.4 Å². The second-order valence-electron chi connectivity index (χ2n) is 4.37. The maximum atomic E-state index is 6.28. The molecule has 1 aromatic rings. The first kappa shape index (κ1) is 14.5. The number of hydrazine groups is 1. The van der Waals surface area contributed by atoms with Crippen LogP contribution in [0.2, 0.25) is 5.02 Å². The molecule has 1 rings (SSSR count). The lowest BCUT2D eigenvalue weighted by Gasteiger charge is -2.16. The standard InChI is InChI=1S/C12H23ClN4/c1-4-6-7-10(15-14)8-11-12(13)9(3)16-17(11)5-2/h10,15H,4-8,14H2,1-3H3. The van der Waals surface area contributed by atoms with E-state index in [1.54, 1.807) is 0 Å². The molecule has 0 fully saturated rings. The Kier molecular flexibility index (Phi) is 5.95. The van der Waals surface area contributed by atoms with Gasteiger partial charge in [0.1, 0.15) is 0 Å². The number of hydrogen-bond donors (Lipinski definition) is 2. The predicted octanol–water partition coefficient (Wildman–Crippen LogP) is 2.43. The molecule has 5 heteroatoms. The molecule has 17 heavy (non-hydrogen) atoms. The Bertz CT molecular complexity index is 349. The Morgan fingerprint density at radius 1 is 1.47 bits per heavy atom. The number of unbranched alkanes of at least 4 members (excludes halogenated alkanes) is 1. The van der Waals surface area contributed by atoms with Crippen LogP contribution in [0, 0.1) is 6.92 Å². The molecular formula is C12H23ClN4. The molecule has 1 heterocycles. The van der Waals surface area contributed by atoms with E-state index in [0.29, 0.717) is 0 Å². The Labute approximate surface area is 108 Å². The molecule has 0 aliphatic heterocycles. The third-order valence-corrected chi connectivity index (χ3v) is 3.53. The number of aromatic nitrogens is 2. The Hall–Kier alpha value is -0.580. The van der Waals surface area contributed by atoms with E-state index < -0.39 is 0 Å². The van der Waals surface area contributed by atoms with E-state index in [1.165, 1.54) is 12.8 Å². The molecule has 0 amide bonds. The highest BCUT2D eigenvalue weighted by molar-refractivity contribution is 6.31. The summed E-state index contributed by atoms with van der Waals surface area (Å²) in [4.78, 5) is 0. The SMILES string of the molecule is CCCCC(Cc1c(Cl)c(C)nn1CC)NN. The van der Waals surface area contributed by atoms with Gasteiger partial charge in [-0.2, -0.15) is 5.10 Å². The summed E-state index contributed by atoms with van der Waals surface area (Å²) in [6.45, 7) is 7.03. The lowest BCUT2D eigenvalue weighted by molar-refractivity contribution is 0.457. The number of aryl methyl sites for hydroxylation is 2. The smallest absolute Gasteiger partial charge is 0.0847 e. The predicted molar refractivity (Wildman–Crippen MR) is 72.0 cm³/mol. The van der Waals surface area contributed by atoms with E-state index >= 15 is 0 Å². The van der Waals surface area contributed by atoms with Gasteiger partial charge in [-0.15, -0.1) is 0 Å². The van der Waals surface area contributed by atoms with Crippen molar-refractivity contribution in [2.45, 2.75) is 59.0 Å². The fourth-order valence-electron chi connectivity index (χ4n) is 1.99. The summed E-state index contributed by atoms with van der Waals surface area (Å²) in [6.07, 6.45) is 4.25. The number of nitrogens with two attached hydrogens (primary N) is 1. The van der Waals surface area contributed by atoms with E-state index in [9.17, 15) is 0 Å². The molecule has 98 valence electrons. The molecule has 1 unspecified atom stereocenters. The van der Waals surface area contributed by atoms with Gasteiger partial charge in [0.05, 0.1) is 16.4 Å². The number of nitrogens with one attached hydrogen (secondary N) is 1. The molecule has 0 aliphatic rings. The van der Waals surface area contributed by atoms with Crippen LogP contribution >= 0.6 is 11.6 Å². The molecule has 0 aliphatic carbocycles. The number of rotatable bonds is 7. The van der Waals surface area contributed by atoms with Gasteiger partial charge in [0.2, 0.25) is 0 Å². The fraction of sp³-hybridized carbons (Fsp3) is 0.750. The number of halogens is 1. The average molecular weight is 259 g/mol. The molecule has 1 atom stereocenters. The van der Waals surface area contributed by atoms with Gasteiger partial charge in [0.15, 0.2) is 0 Å². The molecule has 1 aromatic heterocycles. The van der Waals surface area contributed by atoms with Crippen LogP contribution in [-0.4, -0.2) is 15.8 Å².